The molecule has 1 aromatic carbocycles. The van der Waals surface area contributed by atoms with Gasteiger partial charge >= 0.3 is 0 Å². The SMILES string of the molecule is CNc1nc(-c2ccc(N3CCN(C(=O)C4CC4)CC3)cc2)cc2nccnc12. The number of nitrogens with one attached hydrogen (secondary N) is 1. The number of carbonyl (C=O) groups excluding carboxylic acids is 1. The molecule has 7 heteroatoms. The van der Waals surface area contributed by atoms with Crippen molar-refractivity contribution in [3.8, 4) is 11.3 Å². The lowest BCUT2D eigenvalue weighted by molar-refractivity contribution is -0.132. The quantitative estimate of drug-likeness (QED) is 0.741. The van der Waals surface area contributed by atoms with Crippen molar-refractivity contribution in [1.82, 2.24) is 19.9 Å². The highest BCUT2D eigenvalue weighted by Gasteiger charge is 2.34. The van der Waals surface area contributed by atoms with E-state index in [9.17, 15) is 4.79 Å². The first-order valence-corrected chi connectivity index (χ1v) is 10.2. The van der Waals surface area contributed by atoms with E-state index in [-0.39, 0.29) is 0 Å². The summed E-state index contributed by atoms with van der Waals surface area (Å²) in [5.74, 6) is 1.39. The smallest absolute Gasteiger partial charge is 0.225 e. The fraction of sp³-hybridized carbons (Fsp3) is 0.364. The average Bonchev–Trinajstić information content (AvgIpc) is 3.63. The van der Waals surface area contributed by atoms with E-state index in [0.717, 1.165) is 67.1 Å². The number of pyridine rings is 1. The lowest BCUT2D eigenvalue weighted by Crippen LogP contribution is -2.49. The van der Waals surface area contributed by atoms with Crippen LogP contribution >= 0.6 is 0 Å². The van der Waals surface area contributed by atoms with Gasteiger partial charge in [-0.15, -0.1) is 0 Å². The Morgan fingerprint density at radius 2 is 1.76 bits per heavy atom. The summed E-state index contributed by atoms with van der Waals surface area (Å²) in [5, 5.41) is 3.11. The number of piperazine rings is 1. The number of anilines is 2. The van der Waals surface area contributed by atoms with Crippen LogP contribution in [0.3, 0.4) is 0 Å². The molecule has 29 heavy (non-hydrogen) atoms. The normalized spacial score (nSPS) is 16.9. The third-order valence-electron chi connectivity index (χ3n) is 5.74. The van der Waals surface area contributed by atoms with Crippen molar-refractivity contribution in [2.75, 3.05) is 43.4 Å². The van der Waals surface area contributed by atoms with Gasteiger partial charge in [-0.3, -0.25) is 9.78 Å². The summed E-state index contributed by atoms with van der Waals surface area (Å²) in [4.78, 5) is 30.1. The van der Waals surface area contributed by atoms with E-state index >= 15 is 0 Å². The summed E-state index contributed by atoms with van der Waals surface area (Å²) >= 11 is 0. The van der Waals surface area contributed by atoms with Gasteiger partial charge < -0.3 is 15.1 Å². The second-order valence-corrected chi connectivity index (χ2v) is 7.66. The first-order valence-electron chi connectivity index (χ1n) is 10.2. The minimum absolute atomic E-state index is 0.308. The van der Waals surface area contributed by atoms with E-state index in [0.29, 0.717) is 11.8 Å². The second-order valence-electron chi connectivity index (χ2n) is 7.66. The van der Waals surface area contributed by atoms with Gasteiger partial charge in [0, 0.05) is 62.8 Å². The summed E-state index contributed by atoms with van der Waals surface area (Å²) in [7, 11) is 1.84. The zero-order valence-electron chi connectivity index (χ0n) is 16.5. The van der Waals surface area contributed by atoms with E-state index in [1.165, 1.54) is 5.69 Å². The largest absolute Gasteiger partial charge is 0.371 e. The molecule has 0 atom stereocenters. The molecule has 2 fully saturated rings. The highest BCUT2D eigenvalue weighted by Crippen LogP contribution is 2.32. The maximum Gasteiger partial charge on any atom is 0.225 e. The van der Waals surface area contributed by atoms with Crippen LogP contribution in [0.4, 0.5) is 11.5 Å². The first-order chi connectivity index (χ1) is 14.2. The zero-order valence-corrected chi connectivity index (χ0v) is 16.5. The topological polar surface area (TPSA) is 74.2 Å². The fourth-order valence-electron chi connectivity index (χ4n) is 3.91. The molecule has 1 saturated heterocycles. The van der Waals surface area contributed by atoms with Gasteiger partial charge in [0.15, 0.2) is 5.82 Å². The fourth-order valence-corrected chi connectivity index (χ4v) is 3.91. The molecule has 3 aromatic rings. The minimum Gasteiger partial charge on any atom is -0.371 e. The summed E-state index contributed by atoms with van der Waals surface area (Å²) in [5.41, 5.74) is 4.69. The third kappa shape index (κ3) is 3.48. The molecular weight excluding hydrogens is 364 g/mol. The van der Waals surface area contributed by atoms with E-state index < -0.39 is 0 Å². The van der Waals surface area contributed by atoms with Gasteiger partial charge in [-0.1, -0.05) is 12.1 Å². The molecule has 0 bridgehead atoms. The molecule has 3 heterocycles. The van der Waals surface area contributed by atoms with Crippen LogP contribution in [0.15, 0.2) is 42.7 Å². The highest BCUT2D eigenvalue weighted by atomic mass is 16.2. The number of benzene rings is 1. The third-order valence-corrected chi connectivity index (χ3v) is 5.74. The molecule has 0 spiro atoms. The Kier molecular flexibility index (Phi) is 4.50. The molecule has 1 N–H and O–H groups in total. The van der Waals surface area contributed by atoms with Crippen molar-refractivity contribution < 1.29 is 4.79 Å². The maximum atomic E-state index is 12.2. The Morgan fingerprint density at radius 1 is 1.03 bits per heavy atom. The van der Waals surface area contributed by atoms with Crippen molar-refractivity contribution in [3.63, 3.8) is 0 Å². The number of hydrogen-bond donors (Lipinski definition) is 1. The van der Waals surface area contributed by atoms with E-state index in [1.807, 2.05) is 18.0 Å². The van der Waals surface area contributed by atoms with Gasteiger partial charge in [0.1, 0.15) is 5.52 Å². The Balaban J connectivity index is 1.33. The van der Waals surface area contributed by atoms with Crippen LogP contribution in [-0.4, -0.2) is 59.0 Å². The average molecular weight is 388 g/mol. The molecule has 7 nitrogen and oxygen atoms in total. The van der Waals surface area contributed by atoms with Crippen molar-refractivity contribution in [2.24, 2.45) is 5.92 Å². The van der Waals surface area contributed by atoms with Crippen LogP contribution in [0.2, 0.25) is 0 Å². The van der Waals surface area contributed by atoms with Crippen molar-refractivity contribution >= 4 is 28.4 Å². The molecule has 1 saturated carbocycles. The number of carbonyl (C=O) groups is 1. The van der Waals surface area contributed by atoms with Gasteiger partial charge in [0.25, 0.3) is 0 Å². The van der Waals surface area contributed by atoms with E-state index in [4.69, 9.17) is 4.98 Å². The first kappa shape index (κ1) is 17.8. The van der Waals surface area contributed by atoms with Crippen molar-refractivity contribution in [2.45, 2.75) is 12.8 Å². The predicted molar refractivity (Wildman–Crippen MR) is 114 cm³/mol. The second kappa shape index (κ2) is 7.31. The molecular formula is C22H24N6O. The van der Waals surface area contributed by atoms with E-state index in [2.05, 4.69) is 44.5 Å². The Morgan fingerprint density at radius 3 is 2.45 bits per heavy atom. The lowest BCUT2D eigenvalue weighted by atomic mass is 10.1. The zero-order chi connectivity index (χ0) is 19.8. The van der Waals surface area contributed by atoms with Crippen molar-refractivity contribution in [3.05, 3.63) is 42.7 Å². The predicted octanol–water partition coefficient (Wildman–Crippen LogP) is 2.79. The molecule has 0 radical (unpaired) electrons. The van der Waals surface area contributed by atoms with Crippen LogP contribution in [0, 0.1) is 5.92 Å². The molecule has 0 unspecified atom stereocenters. The summed E-state index contributed by atoms with van der Waals surface area (Å²) < 4.78 is 0. The van der Waals surface area contributed by atoms with Crippen LogP contribution in [-0.2, 0) is 4.79 Å². The minimum atomic E-state index is 0.308. The molecule has 1 amide bonds. The molecule has 1 aliphatic heterocycles. The molecule has 2 aliphatic rings. The van der Waals surface area contributed by atoms with Gasteiger partial charge in [0.05, 0.1) is 11.2 Å². The van der Waals surface area contributed by atoms with E-state index in [1.54, 1.807) is 12.4 Å². The summed E-state index contributed by atoms with van der Waals surface area (Å²) in [6.45, 7) is 3.39. The Hall–Kier alpha value is -3.22. The Labute approximate surface area is 169 Å². The van der Waals surface area contributed by atoms with Gasteiger partial charge in [-0.2, -0.15) is 0 Å². The van der Waals surface area contributed by atoms with Crippen LogP contribution in [0.5, 0.6) is 0 Å². The van der Waals surface area contributed by atoms with Gasteiger partial charge in [0.2, 0.25) is 5.91 Å². The highest BCUT2D eigenvalue weighted by molar-refractivity contribution is 5.88. The number of hydrogen-bond acceptors (Lipinski definition) is 6. The standard InChI is InChI=1S/C22H24N6O/c1-23-21-20-19(24-8-9-25-20)14-18(26-21)15-4-6-17(7-5-15)27-10-12-28(13-11-27)22(29)16-2-3-16/h4-9,14,16H,2-3,10-13H2,1H3,(H,23,26). The van der Waals surface area contributed by atoms with Gasteiger partial charge in [-0.25, -0.2) is 9.97 Å². The van der Waals surface area contributed by atoms with Crippen LogP contribution in [0.1, 0.15) is 12.8 Å². The lowest BCUT2D eigenvalue weighted by Gasteiger charge is -2.36. The molecule has 1 aliphatic carbocycles. The molecule has 2 aromatic heterocycles. The number of aromatic nitrogens is 3. The summed E-state index contributed by atoms with van der Waals surface area (Å²) in [6.07, 6.45) is 5.52. The number of nitrogens with zero attached hydrogens (tertiary/aromatic N) is 5. The maximum absolute atomic E-state index is 12.2. The number of rotatable bonds is 4. The van der Waals surface area contributed by atoms with Gasteiger partial charge in [-0.05, 0) is 31.0 Å². The summed E-state index contributed by atoms with van der Waals surface area (Å²) in [6, 6.07) is 10.4. The number of amides is 1. The molecule has 5 rings (SSSR count). The van der Waals surface area contributed by atoms with Crippen LogP contribution in [0.25, 0.3) is 22.3 Å². The number of fused-ring (bicyclic) bond motifs is 1. The Bertz CT molecular complexity index is 1040. The molecule has 148 valence electrons. The van der Waals surface area contributed by atoms with Crippen LogP contribution < -0.4 is 10.2 Å². The monoisotopic (exact) mass is 388 g/mol. The van der Waals surface area contributed by atoms with Crippen molar-refractivity contribution in [1.29, 1.82) is 0 Å².